The van der Waals surface area contributed by atoms with Gasteiger partial charge in [-0.2, -0.15) is 0 Å². The highest BCUT2D eigenvalue weighted by Crippen LogP contribution is 2.31. The first-order valence-electron chi connectivity index (χ1n) is 16.3. The molecule has 0 amide bonds. The number of hydrogen-bond acceptors (Lipinski definition) is 16. The zero-order valence-electron chi connectivity index (χ0n) is 28.1. The van der Waals surface area contributed by atoms with E-state index in [1.54, 1.807) is 0 Å². The number of carbonyl (C=O) groups excluding carboxylic acids is 6. The Morgan fingerprint density at radius 2 is 0.981 bits per heavy atom. The second-order valence-corrected chi connectivity index (χ2v) is 11.1. The second-order valence-electron chi connectivity index (χ2n) is 11.1. The molecule has 0 saturated carbocycles. The molecule has 0 aliphatic carbocycles. The van der Waals surface area contributed by atoms with Gasteiger partial charge in [0.25, 0.3) is 0 Å². The van der Waals surface area contributed by atoms with Crippen molar-refractivity contribution in [3.63, 3.8) is 0 Å². The predicted molar refractivity (Wildman–Crippen MR) is 176 cm³/mol. The molecule has 0 spiro atoms. The van der Waals surface area contributed by atoms with Crippen LogP contribution in [0.5, 0.6) is 11.5 Å². The van der Waals surface area contributed by atoms with Gasteiger partial charge in [0, 0.05) is 12.2 Å². The molecule has 4 rings (SSSR count). The average Bonchev–Trinajstić information content (AvgIpc) is 3.74. The van der Waals surface area contributed by atoms with Crippen molar-refractivity contribution in [3.8, 4) is 11.5 Å². The molecule has 52 heavy (non-hydrogen) atoms. The fourth-order valence-electron chi connectivity index (χ4n) is 4.79. The maximum Gasteiger partial charge on any atom is 0.513 e. The van der Waals surface area contributed by atoms with Crippen molar-refractivity contribution >= 4 is 36.2 Å². The molecule has 2 saturated heterocycles. The monoisotopic (exact) mass is 726 g/mol. The largest absolute Gasteiger partial charge is 0.513 e. The fraction of sp³-hybridized carbons (Fsp3) is 0.389. The van der Waals surface area contributed by atoms with Crippen LogP contribution in [0, 0.1) is 0 Å². The highest BCUT2D eigenvalue weighted by atomic mass is 16.7. The van der Waals surface area contributed by atoms with Gasteiger partial charge in [0.05, 0.1) is 50.8 Å². The third kappa shape index (κ3) is 12.2. The molecule has 16 nitrogen and oxygen atoms in total. The Kier molecular flexibility index (Phi) is 15.2. The smallest absolute Gasteiger partial charge is 0.463 e. The van der Waals surface area contributed by atoms with Crippen molar-refractivity contribution < 1.29 is 76.1 Å². The van der Waals surface area contributed by atoms with Gasteiger partial charge >= 0.3 is 36.2 Å². The van der Waals surface area contributed by atoms with Gasteiger partial charge in [-0.3, -0.25) is 0 Å². The van der Waals surface area contributed by atoms with Crippen LogP contribution in [0.25, 0.3) is 0 Å². The molecule has 0 radical (unpaired) electrons. The van der Waals surface area contributed by atoms with E-state index in [1.165, 1.54) is 48.5 Å². The van der Waals surface area contributed by atoms with Gasteiger partial charge in [-0.25, -0.2) is 28.8 Å². The predicted octanol–water partition coefficient (Wildman–Crippen LogP) is 4.28. The zero-order chi connectivity index (χ0) is 37.3. The lowest BCUT2D eigenvalue weighted by atomic mass is 10.1. The summed E-state index contributed by atoms with van der Waals surface area (Å²) < 4.78 is 52.5. The molecular weight excluding hydrogens is 688 g/mol. The van der Waals surface area contributed by atoms with E-state index in [0.29, 0.717) is 25.7 Å². The summed E-state index contributed by atoms with van der Waals surface area (Å²) in [5, 5.41) is 0. The van der Waals surface area contributed by atoms with Crippen LogP contribution in [0.3, 0.4) is 0 Å². The molecule has 2 aliphatic rings. The minimum absolute atomic E-state index is 0.0245. The minimum Gasteiger partial charge on any atom is -0.463 e. The number of benzene rings is 2. The third-order valence-corrected chi connectivity index (χ3v) is 7.40. The van der Waals surface area contributed by atoms with Crippen LogP contribution in [-0.4, -0.2) is 100 Å². The summed E-state index contributed by atoms with van der Waals surface area (Å²) in [6, 6.07) is 11.3. The van der Waals surface area contributed by atoms with Crippen molar-refractivity contribution in [1.82, 2.24) is 0 Å². The van der Waals surface area contributed by atoms with E-state index in [-0.39, 0.29) is 62.3 Å². The summed E-state index contributed by atoms with van der Waals surface area (Å²) in [5.74, 6) is -2.10. The minimum atomic E-state index is -0.931. The van der Waals surface area contributed by atoms with E-state index < -0.39 is 60.6 Å². The maximum atomic E-state index is 12.8. The van der Waals surface area contributed by atoms with E-state index in [2.05, 4.69) is 13.2 Å². The lowest BCUT2D eigenvalue weighted by molar-refractivity contribution is -0.138. The van der Waals surface area contributed by atoms with Crippen LogP contribution < -0.4 is 9.47 Å². The number of esters is 4. The van der Waals surface area contributed by atoms with Crippen LogP contribution >= 0.6 is 0 Å². The van der Waals surface area contributed by atoms with Gasteiger partial charge in [-0.1, -0.05) is 13.2 Å². The molecule has 4 atom stereocenters. The van der Waals surface area contributed by atoms with Crippen LogP contribution in [0.1, 0.15) is 46.4 Å². The molecule has 2 aromatic carbocycles. The Hall–Kier alpha value is -5.74. The Morgan fingerprint density at radius 3 is 1.48 bits per heavy atom. The maximum absolute atomic E-state index is 12.8. The third-order valence-electron chi connectivity index (χ3n) is 7.40. The van der Waals surface area contributed by atoms with Gasteiger partial charge in [0.15, 0.2) is 12.2 Å². The summed E-state index contributed by atoms with van der Waals surface area (Å²) in [4.78, 5) is 71.5. The summed E-state index contributed by atoms with van der Waals surface area (Å²) in [6.07, 6.45) is -0.638. The number of hydrogen-bond donors (Lipinski definition) is 0. The number of fused-ring (bicyclic) bond motifs is 1. The number of carbonyl (C=O) groups is 6. The normalized spacial score (nSPS) is 18.5. The van der Waals surface area contributed by atoms with Gasteiger partial charge in [-0.15, -0.1) is 0 Å². The Balaban J connectivity index is 1.14. The molecule has 2 aliphatic heterocycles. The van der Waals surface area contributed by atoms with E-state index in [9.17, 15) is 28.8 Å². The van der Waals surface area contributed by atoms with Gasteiger partial charge in [0.1, 0.15) is 23.7 Å². The molecule has 2 heterocycles. The molecule has 16 heteroatoms. The molecule has 0 unspecified atom stereocenters. The molecule has 278 valence electrons. The number of rotatable bonds is 18. The van der Waals surface area contributed by atoms with Crippen molar-refractivity contribution in [2.45, 2.75) is 50.1 Å². The summed E-state index contributed by atoms with van der Waals surface area (Å²) in [7, 11) is 0. The lowest BCUT2D eigenvalue weighted by Gasteiger charge is -2.17. The van der Waals surface area contributed by atoms with Crippen molar-refractivity contribution in [2.24, 2.45) is 0 Å². The molecule has 0 aromatic heterocycles. The highest BCUT2D eigenvalue weighted by Gasteiger charge is 2.51. The average molecular weight is 727 g/mol. The first-order chi connectivity index (χ1) is 25.2. The Labute approximate surface area is 298 Å². The van der Waals surface area contributed by atoms with Crippen LogP contribution in [0.4, 0.5) is 9.59 Å². The van der Waals surface area contributed by atoms with Crippen LogP contribution in [0.15, 0.2) is 73.8 Å². The van der Waals surface area contributed by atoms with E-state index in [0.717, 1.165) is 12.2 Å². The van der Waals surface area contributed by atoms with E-state index in [4.69, 9.17) is 47.4 Å². The zero-order valence-corrected chi connectivity index (χ0v) is 28.1. The number of ether oxygens (including phenoxy) is 10. The fourth-order valence-corrected chi connectivity index (χ4v) is 4.79. The summed E-state index contributed by atoms with van der Waals surface area (Å²) in [6.45, 7) is 7.13. The standard InChI is InChI=1S/C36H38O16/c1-3-29(37)43-17-5-7-19-45-35(41)50-26-15-11-23(12-16-26)33(39)49-25-13-9-24(10-14-25)34(40)51-27-21-47-32-28(22-48-31(27)32)52-36(42)46-20-8-6-18-44-30(38)4-2/h3-4,9-16,27-28,31-32H,1-2,5-8,17-22H2/t27-,28+,31+,32+/m0/s1. The molecule has 2 fully saturated rings. The lowest BCUT2D eigenvalue weighted by Crippen LogP contribution is -2.36. The molecule has 0 bridgehead atoms. The summed E-state index contributed by atoms with van der Waals surface area (Å²) >= 11 is 0. The second kappa shape index (κ2) is 20.2. The SMILES string of the molecule is C=CC(=O)OCCCCOC(=O)Oc1ccc(C(=O)Oc2ccc(C(=O)O[C@H]3CO[C@H]4[C@@H]3OC[C@H]4OC(=O)OCCCCOC(=O)C=C)cc2)cc1. The van der Waals surface area contributed by atoms with E-state index in [1.807, 2.05) is 0 Å². The molecule has 0 N–H and O–H groups in total. The molecule has 2 aromatic rings. The highest BCUT2D eigenvalue weighted by molar-refractivity contribution is 5.92. The van der Waals surface area contributed by atoms with Crippen molar-refractivity contribution in [3.05, 3.63) is 85.0 Å². The van der Waals surface area contributed by atoms with Gasteiger partial charge in [-0.05, 0) is 74.2 Å². The quantitative estimate of drug-likeness (QED) is 0.0527. The Morgan fingerprint density at radius 1 is 0.558 bits per heavy atom. The van der Waals surface area contributed by atoms with Crippen molar-refractivity contribution in [1.29, 1.82) is 0 Å². The van der Waals surface area contributed by atoms with Crippen molar-refractivity contribution in [2.75, 3.05) is 39.6 Å². The van der Waals surface area contributed by atoms with E-state index >= 15 is 0 Å². The molecular formula is C36H38O16. The summed E-state index contributed by atoms with van der Waals surface area (Å²) in [5.41, 5.74) is 0.353. The first kappa shape index (κ1) is 39.1. The number of unbranched alkanes of at least 4 members (excludes halogenated alkanes) is 2. The van der Waals surface area contributed by atoms with Crippen LogP contribution in [0.2, 0.25) is 0 Å². The topological polar surface area (TPSA) is 195 Å². The van der Waals surface area contributed by atoms with Gasteiger partial charge < -0.3 is 47.4 Å². The Bertz CT molecular complexity index is 1570. The van der Waals surface area contributed by atoms with Crippen LogP contribution in [-0.2, 0) is 47.5 Å². The first-order valence-corrected chi connectivity index (χ1v) is 16.3. The van der Waals surface area contributed by atoms with Gasteiger partial charge in [0.2, 0.25) is 0 Å².